The van der Waals surface area contributed by atoms with Crippen LogP contribution in [0.3, 0.4) is 0 Å². The monoisotopic (exact) mass is 583 g/mol. The molecule has 3 amide bonds. The van der Waals surface area contributed by atoms with E-state index in [1.54, 1.807) is 16.7 Å². The molecule has 3 aromatic rings. The average molecular weight is 584 g/mol. The Morgan fingerprint density at radius 3 is 2.56 bits per heavy atom. The van der Waals surface area contributed by atoms with Gasteiger partial charge in [-0.3, -0.25) is 18.7 Å². The minimum absolute atomic E-state index is 0.0000431. The molecule has 0 aliphatic carbocycles. The second-order valence-electron chi connectivity index (χ2n) is 10.4. The summed E-state index contributed by atoms with van der Waals surface area (Å²) < 4.78 is 21.6. The van der Waals surface area contributed by atoms with Crippen LogP contribution < -0.4 is 16.6 Å². The van der Waals surface area contributed by atoms with Gasteiger partial charge in [-0.05, 0) is 37.5 Å². The molecule has 2 aliphatic heterocycles. The van der Waals surface area contributed by atoms with Crippen molar-refractivity contribution in [3.63, 3.8) is 0 Å². The number of carbonyl (C=O) groups excluding carboxylic acids is 2. The molecule has 0 bridgehead atoms. The summed E-state index contributed by atoms with van der Waals surface area (Å²) >= 11 is 6.19. The molecule has 0 spiro atoms. The number of hydrogen-bond acceptors (Lipinski definition) is 5. The van der Waals surface area contributed by atoms with Gasteiger partial charge in [-0.1, -0.05) is 41.9 Å². The summed E-state index contributed by atoms with van der Waals surface area (Å²) in [5.41, 5.74) is 0.642. The second-order valence-corrected chi connectivity index (χ2v) is 10.7. The minimum Gasteiger partial charge on any atom is -0.383 e. The van der Waals surface area contributed by atoms with Crippen molar-refractivity contribution in [1.82, 2.24) is 18.9 Å². The zero-order valence-electron chi connectivity index (χ0n) is 22.8. The molecule has 10 nitrogen and oxygen atoms in total. The molecule has 216 valence electrons. The first-order valence-electron chi connectivity index (χ1n) is 13.4. The normalized spacial score (nSPS) is 16.3. The number of nitrogens with one attached hydrogen (secondary N) is 1. The number of hydrogen-bond donors (Lipinski definition) is 1. The molecule has 2 aromatic carbocycles. The van der Waals surface area contributed by atoms with Crippen LogP contribution in [0, 0.1) is 5.82 Å². The van der Waals surface area contributed by atoms with E-state index < -0.39 is 23.1 Å². The molecule has 1 saturated heterocycles. The number of halogens is 2. The standard InChI is InChI=1S/C29H31ClFN5O5/c1-18(17-41-2)36-27(38)22(21-7-5-8-23(31)26(21)30)15-34(29(36)40)16-25(37)33-12-10-20(11-13-33)35-14-19-6-3-4-9-24(19)32-28(35)39/h3-9,15,18,20H,10-14,16-17H2,1-2H3,(H,32,39)/t18-/m0/s1. The lowest BCUT2D eigenvalue weighted by Gasteiger charge is -2.40. The fraction of sp³-hybridized carbons (Fsp3) is 0.379. The summed E-state index contributed by atoms with van der Waals surface area (Å²) in [7, 11) is 1.45. The van der Waals surface area contributed by atoms with Crippen LogP contribution >= 0.6 is 11.6 Å². The number of para-hydroxylation sites is 1. The van der Waals surface area contributed by atoms with Crippen molar-refractivity contribution in [2.75, 3.05) is 32.1 Å². The van der Waals surface area contributed by atoms with Crippen molar-refractivity contribution < 1.29 is 18.7 Å². The van der Waals surface area contributed by atoms with Gasteiger partial charge in [0.15, 0.2) is 0 Å². The van der Waals surface area contributed by atoms with Crippen molar-refractivity contribution in [3.05, 3.63) is 85.9 Å². The van der Waals surface area contributed by atoms with E-state index in [4.69, 9.17) is 16.3 Å². The Morgan fingerprint density at radius 2 is 1.83 bits per heavy atom. The maximum Gasteiger partial charge on any atom is 0.331 e. The third-order valence-electron chi connectivity index (χ3n) is 7.70. The number of fused-ring (bicyclic) bond motifs is 1. The Kier molecular flexibility index (Phi) is 8.27. The van der Waals surface area contributed by atoms with Gasteiger partial charge < -0.3 is 19.9 Å². The van der Waals surface area contributed by atoms with Crippen molar-refractivity contribution >= 4 is 29.2 Å². The van der Waals surface area contributed by atoms with Crippen LogP contribution in [0.25, 0.3) is 11.1 Å². The van der Waals surface area contributed by atoms with Crippen molar-refractivity contribution in [2.24, 2.45) is 0 Å². The molecule has 41 heavy (non-hydrogen) atoms. The van der Waals surface area contributed by atoms with Gasteiger partial charge in [0.2, 0.25) is 5.91 Å². The number of likely N-dealkylation sites (tertiary alicyclic amines) is 1. The number of rotatable bonds is 7. The predicted octanol–water partition coefficient (Wildman–Crippen LogP) is 3.72. The first-order valence-corrected chi connectivity index (χ1v) is 13.8. The molecule has 12 heteroatoms. The summed E-state index contributed by atoms with van der Waals surface area (Å²) in [6.07, 6.45) is 2.44. The molecule has 0 saturated carbocycles. The number of methoxy groups -OCH3 is 1. The lowest BCUT2D eigenvalue weighted by Crippen LogP contribution is -2.52. The average Bonchev–Trinajstić information content (AvgIpc) is 2.96. The molecule has 1 N–H and O–H groups in total. The smallest absolute Gasteiger partial charge is 0.331 e. The highest BCUT2D eigenvalue weighted by molar-refractivity contribution is 6.33. The summed E-state index contributed by atoms with van der Waals surface area (Å²) in [5.74, 6) is -1.01. The van der Waals surface area contributed by atoms with Gasteiger partial charge in [0.25, 0.3) is 5.56 Å². The number of ether oxygens (including phenoxy) is 1. The van der Waals surface area contributed by atoms with Gasteiger partial charge in [-0.25, -0.2) is 14.0 Å². The van der Waals surface area contributed by atoms with E-state index in [2.05, 4.69) is 5.32 Å². The first kappa shape index (κ1) is 28.6. The van der Waals surface area contributed by atoms with Gasteiger partial charge in [-0.15, -0.1) is 0 Å². The van der Waals surface area contributed by atoms with Crippen LogP contribution in [0.1, 0.15) is 31.4 Å². The van der Waals surface area contributed by atoms with E-state index in [9.17, 15) is 23.6 Å². The van der Waals surface area contributed by atoms with E-state index >= 15 is 0 Å². The van der Waals surface area contributed by atoms with Crippen LogP contribution in [0.4, 0.5) is 14.9 Å². The number of anilines is 1. The molecule has 2 aliphatic rings. The number of carbonyl (C=O) groups is 2. The molecule has 1 fully saturated rings. The minimum atomic E-state index is -0.706. The van der Waals surface area contributed by atoms with Crippen LogP contribution in [-0.4, -0.2) is 63.7 Å². The second kappa shape index (κ2) is 11.9. The third kappa shape index (κ3) is 5.64. The SMILES string of the molecule is COC[C@H](C)n1c(=O)c(-c2cccc(F)c2Cl)cn(CC(=O)N2CCC(N3Cc4ccccc4NC3=O)CC2)c1=O. The van der Waals surface area contributed by atoms with E-state index in [1.165, 1.54) is 31.5 Å². The summed E-state index contributed by atoms with van der Waals surface area (Å²) in [6, 6.07) is 10.9. The van der Waals surface area contributed by atoms with Crippen molar-refractivity contribution in [2.45, 2.75) is 44.9 Å². The number of aromatic nitrogens is 2. The van der Waals surface area contributed by atoms with Crippen LogP contribution in [0.15, 0.2) is 58.3 Å². The molecule has 3 heterocycles. The summed E-state index contributed by atoms with van der Waals surface area (Å²) in [6.45, 7) is 2.72. The van der Waals surface area contributed by atoms with Crippen molar-refractivity contribution in [1.29, 1.82) is 0 Å². The maximum absolute atomic E-state index is 14.3. The summed E-state index contributed by atoms with van der Waals surface area (Å²) in [5, 5.41) is 2.68. The van der Waals surface area contributed by atoms with Crippen LogP contribution in [-0.2, 0) is 22.6 Å². The Morgan fingerprint density at radius 1 is 1.10 bits per heavy atom. The zero-order valence-corrected chi connectivity index (χ0v) is 23.6. The maximum atomic E-state index is 14.3. The quantitative estimate of drug-likeness (QED) is 0.456. The first-order chi connectivity index (χ1) is 19.7. The highest BCUT2D eigenvalue weighted by atomic mass is 35.5. The Bertz CT molecular complexity index is 1600. The fourth-order valence-corrected chi connectivity index (χ4v) is 5.75. The highest BCUT2D eigenvalue weighted by Crippen LogP contribution is 2.29. The molecular weight excluding hydrogens is 553 g/mol. The lowest BCUT2D eigenvalue weighted by molar-refractivity contribution is -0.133. The Hall–Kier alpha value is -3.96. The zero-order chi connectivity index (χ0) is 29.3. The Labute approximate surface area is 240 Å². The molecule has 5 rings (SSSR count). The van der Waals surface area contributed by atoms with Gasteiger partial charge in [0.1, 0.15) is 12.4 Å². The predicted molar refractivity (Wildman–Crippen MR) is 153 cm³/mol. The molecule has 1 atom stereocenters. The molecule has 0 radical (unpaired) electrons. The van der Waals surface area contributed by atoms with E-state index in [1.807, 2.05) is 24.3 Å². The van der Waals surface area contributed by atoms with Gasteiger partial charge in [-0.2, -0.15) is 0 Å². The van der Waals surface area contributed by atoms with Gasteiger partial charge in [0.05, 0.1) is 23.2 Å². The largest absolute Gasteiger partial charge is 0.383 e. The third-order valence-corrected chi connectivity index (χ3v) is 8.08. The molecule has 1 aromatic heterocycles. The number of benzene rings is 2. The van der Waals surface area contributed by atoms with E-state index in [0.29, 0.717) is 32.5 Å². The number of amides is 3. The lowest BCUT2D eigenvalue weighted by atomic mass is 10.0. The van der Waals surface area contributed by atoms with E-state index in [0.717, 1.165) is 20.4 Å². The Balaban J connectivity index is 1.36. The number of urea groups is 1. The highest BCUT2D eigenvalue weighted by Gasteiger charge is 2.33. The molecule has 0 unspecified atom stereocenters. The number of piperidine rings is 1. The van der Waals surface area contributed by atoms with Crippen LogP contribution in [0.5, 0.6) is 0 Å². The topological polar surface area (TPSA) is 106 Å². The number of nitrogens with zero attached hydrogens (tertiary/aromatic N) is 4. The van der Waals surface area contributed by atoms with Gasteiger partial charge >= 0.3 is 11.7 Å². The summed E-state index contributed by atoms with van der Waals surface area (Å²) in [4.78, 5) is 56.3. The van der Waals surface area contributed by atoms with Gasteiger partial charge in [0, 0.05) is 50.2 Å². The van der Waals surface area contributed by atoms with Crippen LogP contribution in [0.2, 0.25) is 5.02 Å². The fourth-order valence-electron chi connectivity index (χ4n) is 5.53. The van der Waals surface area contributed by atoms with Crippen molar-refractivity contribution in [3.8, 4) is 11.1 Å². The van der Waals surface area contributed by atoms with E-state index in [-0.39, 0.29) is 47.3 Å². The molecular formula is C29H31ClFN5O5.